The molecule has 0 atom stereocenters. The summed E-state index contributed by atoms with van der Waals surface area (Å²) in [6.07, 6.45) is -4.51. The van der Waals surface area contributed by atoms with Gasteiger partial charge in [0.25, 0.3) is 6.02 Å². The lowest BCUT2D eigenvalue weighted by molar-refractivity contribution is -0.155. The number of rotatable bonds is 1. The van der Waals surface area contributed by atoms with Crippen LogP contribution < -0.4 is 0 Å². The first-order valence-corrected chi connectivity index (χ1v) is 6.11. The molecule has 2 rings (SSSR count). The molecule has 1 aromatic rings. The van der Waals surface area contributed by atoms with Gasteiger partial charge >= 0.3 is 18.1 Å². The Morgan fingerprint density at radius 1 is 1.36 bits per heavy atom. The molecule has 9 heteroatoms. The number of esters is 1. The van der Waals surface area contributed by atoms with Gasteiger partial charge in [0.15, 0.2) is 0 Å². The van der Waals surface area contributed by atoms with Crippen molar-refractivity contribution >= 4 is 23.6 Å². The lowest BCUT2D eigenvalue weighted by atomic mass is 10.2. The Kier molecular flexibility index (Phi) is 4.34. The van der Waals surface area contributed by atoms with Crippen LogP contribution in [0.1, 0.15) is 5.56 Å². The van der Waals surface area contributed by atoms with E-state index in [2.05, 4.69) is 9.73 Å². The molecule has 1 amide bonds. The highest BCUT2D eigenvalue weighted by Gasteiger charge is 2.33. The Labute approximate surface area is 123 Å². The summed E-state index contributed by atoms with van der Waals surface area (Å²) in [5, 5.41) is 0. The molecule has 0 N–H and O–H groups in total. The number of hydrogen-bond donors (Lipinski definition) is 0. The van der Waals surface area contributed by atoms with E-state index in [1.54, 1.807) is 0 Å². The molecule has 118 valence electrons. The van der Waals surface area contributed by atoms with E-state index in [1.165, 1.54) is 12.1 Å². The summed E-state index contributed by atoms with van der Waals surface area (Å²) < 4.78 is 47.3. The number of nitrogens with zero attached hydrogens (tertiary/aromatic N) is 2. The Morgan fingerprint density at radius 3 is 2.73 bits per heavy atom. The van der Waals surface area contributed by atoms with E-state index >= 15 is 0 Å². The zero-order valence-corrected chi connectivity index (χ0v) is 11.4. The van der Waals surface area contributed by atoms with Gasteiger partial charge < -0.3 is 9.47 Å². The summed E-state index contributed by atoms with van der Waals surface area (Å²) in [4.78, 5) is 27.7. The number of hydrogen-bond acceptors (Lipinski definition) is 5. The second kappa shape index (κ2) is 6.04. The van der Waals surface area contributed by atoms with Gasteiger partial charge in [-0.15, -0.1) is 0 Å². The molecule has 0 radical (unpaired) electrons. The average molecular weight is 316 g/mol. The van der Waals surface area contributed by atoms with Crippen LogP contribution in [-0.2, 0) is 25.2 Å². The van der Waals surface area contributed by atoms with Crippen LogP contribution in [0, 0.1) is 0 Å². The largest absolute Gasteiger partial charge is 0.463 e. The van der Waals surface area contributed by atoms with Crippen molar-refractivity contribution < 1.29 is 32.2 Å². The molecule has 22 heavy (non-hydrogen) atoms. The Hall–Kier alpha value is -2.58. The van der Waals surface area contributed by atoms with E-state index in [9.17, 15) is 22.8 Å². The minimum Gasteiger partial charge on any atom is -0.463 e. The fraction of sp³-hybridized carbons (Fsp3) is 0.308. The Morgan fingerprint density at radius 2 is 2.09 bits per heavy atom. The normalized spacial score (nSPS) is 16.5. The van der Waals surface area contributed by atoms with Gasteiger partial charge in [-0.1, -0.05) is 6.07 Å². The zero-order valence-electron chi connectivity index (χ0n) is 11.4. The van der Waals surface area contributed by atoms with Gasteiger partial charge in [-0.3, -0.25) is 9.69 Å². The number of carbonyl (C=O) groups is 2. The number of carbonyl (C=O) groups excluding carboxylic acids is 2. The van der Waals surface area contributed by atoms with E-state index in [0.29, 0.717) is 0 Å². The predicted molar refractivity (Wildman–Crippen MR) is 68.2 cm³/mol. The molecule has 1 heterocycles. The second-order valence-corrected chi connectivity index (χ2v) is 4.24. The van der Waals surface area contributed by atoms with Gasteiger partial charge in [0.05, 0.1) is 24.9 Å². The summed E-state index contributed by atoms with van der Waals surface area (Å²) in [5.41, 5.74) is -0.924. The number of amidine groups is 1. The molecule has 1 aliphatic heterocycles. The molecule has 0 aliphatic carbocycles. The van der Waals surface area contributed by atoms with Crippen LogP contribution in [0.4, 0.5) is 18.9 Å². The maximum absolute atomic E-state index is 12.6. The minimum absolute atomic E-state index is 0.0469. The summed E-state index contributed by atoms with van der Waals surface area (Å²) in [6.45, 7) is 0.145. The number of halogens is 3. The minimum atomic E-state index is -4.51. The third-order valence-corrected chi connectivity index (χ3v) is 2.78. The van der Waals surface area contributed by atoms with E-state index in [1.807, 2.05) is 0 Å². The molecule has 0 aromatic heterocycles. The molecule has 0 saturated carbocycles. The van der Waals surface area contributed by atoms with Crippen molar-refractivity contribution in [3.05, 3.63) is 29.8 Å². The fourth-order valence-electron chi connectivity index (χ4n) is 1.74. The molecule has 6 nitrogen and oxygen atoms in total. The van der Waals surface area contributed by atoms with Crippen LogP contribution in [0.15, 0.2) is 29.3 Å². The van der Waals surface area contributed by atoms with Crippen LogP contribution in [0.5, 0.6) is 0 Å². The lowest BCUT2D eigenvalue weighted by Crippen LogP contribution is -2.38. The topological polar surface area (TPSA) is 68.2 Å². The Balaban J connectivity index is 2.28. The van der Waals surface area contributed by atoms with Crippen LogP contribution in [0.2, 0.25) is 0 Å². The summed E-state index contributed by atoms with van der Waals surface area (Å²) in [5.74, 6) is -2.10. The standard InChI is InChI=1S/C13H11F3N2O4/c1-21-11(20)10(19)18-5-6-22-12(18)17-9-4-2-3-8(7-9)13(14,15)16/h2-4,7H,5-6H2,1H3. The first kappa shape index (κ1) is 15.8. The van der Waals surface area contributed by atoms with Crippen LogP contribution in [0.25, 0.3) is 0 Å². The first-order chi connectivity index (χ1) is 10.3. The maximum Gasteiger partial charge on any atom is 0.416 e. The summed E-state index contributed by atoms with van der Waals surface area (Å²) >= 11 is 0. The molecule has 1 aromatic carbocycles. The number of ether oxygens (including phenoxy) is 2. The molecule has 0 bridgehead atoms. The molecular weight excluding hydrogens is 305 g/mol. The van der Waals surface area contributed by atoms with Crippen molar-refractivity contribution in [3.63, 3.8) is 0 Å². The van der Waals surface area contributed by atoms with Crippen molar-refractivity contribution in [2.75, 3.05) is 20.3 Å². The Bertz CT molecular complexity index is 628. The molecular formula is C13H11F3N2O4. The summed E-state index contributed by atoms with van der Waals surface area (Å²) in [6, 6.07) is 3.98. The van der Waals surface area contributed by atoms with Gasteiger partial charge in [0.1, 0.15) is 6.61 Å². The first-order valence-electron chi connectivity index (χ1n) is 6.11. The smallest absolute Gasteiger partial charge is 0.416 e. The number of amides is 1. The van der Waals surface area contributed by atoms with E-state index in [0.717, 1.165) is 24.1 Å². The summed E-state index contributed by atoms with van der Waals surface area (Å²) in [7, 11) is 1.04. The number of benzene rings is 1. The molecule has 1 saturated heterocycles. The highest BCUT2D eigenvalue weighted by Crippen LogP contribution is 2.31. The van der Waals surface area contributed by atoms with Gasteiger partial charge in [-0.05, 0) is 18.2 Å². The molecule has 0 unspecified atom stereocenters. The fourth-order valence-corrected chi connectivity index (χ4v) is 1.74. The monoisotopic (exact) mass is 316 g/mol. The van der Waals surface area contributed by atoms with E-state index in [4.69, 9.17) is 4.74 Å². The van der Waals surface area contributed by atoms with Gasteiger partial charge in [0.2, 0.25) is 0 Å². The molecule has 1 fully saturated rings. The van der Waals surface area contributed by atoms with E-state index < -0.39 is 23.6 Å². The van der Waals surface area contributed by atoms with Crippen molar-refractivity contribution in [2.24, 2.45) is 4.99 Å². The highest BCUT2D eigenvalue weighted by molar-refractivity contribution is 6.35. The van der Waals surface area contributed by atoms with E-state index in [-0.39, 0.29) is 24.9 Å². The number of aliphatic imine (C=N–C) groups is 1. The highest BCUT2D eigenvalue weighted by atomic mass is 19.4. The second-order valence-electron chi connectivity index (χ2n) is 4.24. The third-order valence-electron chi connectivity index (χ3n) is 2.78. The predicted octanol–water partition coefficient (Wildman–Crippen LogP) is 1.72. The van der Waals surface area contributed by atoms with Gasteiger partial charge in [0, 0.05) is 0 Å². The maximum atomic E-state index is 12.6. The van der Waals surface area contributed by atoms with Crippen molar-refractivity contribution in [1.82, 2.24) is 4.90 Å². The average Bonchev–Trinajstić information content (AvgIpc) is 2.93. The van der Waals surface area contributed by atoms with Crippen LogP contribution in [0.3, 0.4) is 0 Å². The number of methoxy groups -OCH3 is 1. The van der Waals surface area contributed by atoms with Crippen molar-refractivity contribution in [1.29, 1.82) is 0 Å². The van der Waals surface area contributed by atoms with Crippen molar-refractivity contribution in [2.45, 2.75) is 6.18 Å². The van der Waals surface area contributed by atoms with Gasteiger partial charge in [-0.25, -0.2) is 4.79 Å². The quantitative estimate of drug-likeness (QED) is 0.584. The lowest BCUT2D eigenvalue weighted by Gasteiger charge is -2.12. The zero-order chi connectivity index (χ0) is 16.3. The van der Waals surface area contributed by atoms with Crippen molar-refractivity contribution in [3.8, 4) is 0 Å². The van der Waals surface area contributed by atoms with Crippen LogP contribution >= 0.6 is 0 Å². The molecule has 1 aliphatic rings. The third kappa shape index (κ3) is 3.35. The van der Waals surface area contributed by atoms with Gasteiger partial charge in [-0.2, -0.15) is 18.2 Å². The van der Waals surface area contributed by atoms with Crippen LogP contribution in [-0.4, -0.2) is 43.1 Å². The SMILES string of the molecule is COC(=O)C(=O)N1CCOC1=Nc1cccc(C(F)(F)F)c1. The number of alkyl halides is 3. The molecule has 0 spiro atoms.